The zero-order valence-electron chi connectivity index (χ0n) is 14.1. The average Bonchev–Trinajstić information content (AvgIpc) is 2.58. The molecule has 1 aromatic carbocycles. The highest BCUT2D eigenvalue weighted by atomic mass is 35.5. The molecule has 1 amide bonds. The summed E-state index contributed by atoms with van der Waals surface area (Å²) in [6.07, 6.45) is 1.73. The van der Waals surface area contributed by atoms with Gasteiger partial charge in [-0.2, -0.15) is 0 Å². The number of hydrogen-bond acceptors (Lipinski definition) is 5. The van der Waals surface area contributed by atoms with E-state index >= 15 is 0 Å². The van der Waals surface area contributed by atoms with E-state index in [9.17, 15) is 4.79 Å². The van der Waals surface area contributed by atoms with Crippen LogP contribution in [-0.4, -0.2) is 55.2 Å². The smallest absolute Gasteiger partial charge is 0.238 e. The van der Waals surface area contributed by atoms with Gasteiger partial charge in [0.25, 0.3) is 0 Å². The fourth-order valence-corrected chi connectivity index (χ4v) is 2.68. The van der Waals surface area contributed by atoms with Gasteiger partial charge in [0.05, 0.1) is 32.1 Å². The number of hydrogen-bond donors (Lipinski definition) is 1. The molecule has 2 aromatic rings. The summed E-state index contributed by atoms with van der Waals surface area (Å²) < 4.78 is 10.9. The first-order valence-corrected chi connectivity index (χ1v) is 7.88. The Kier molecular flexibility index (Phi) is 8.92. The number of nitrogens with one attached hydrogen (secondary N) is 1. The highest BCUT2D eigenvalue weighted by Crippen LogP contribution is 2.29. The van der Waals surface area contributed by atoms with Crippen LogP contribution >= 0.6 is 24.8 Å². The van der Waals surface area contributed by atoms with Crippen molar-refractivity contribution in [2.24, 2.45) is 0 Å². The van der Waals surface area contributed by atoms with Gasteiger partial charge in [0.2, 0.25) is 5.91 Å². The number of rotatable bonds is 5. The normalized spacial score (nSPS) is 14.3. The lowest BCUT2D eigenvalue weighted by Gasteiger charge is -2.25. The number of amides is 1. The van der Waals surface area contributed by atoms with Crippen molar-refractivity contribution < 1.29 is 14.3 Å². The van der Waals surface area contributed by atoms with Crippen LogP contribution < -0.4 is 10.1 Å². The number of pyridine rings is 1. The third-order valence-electron chi connectivity index (χ3n) is 3.78. The molecule has 2 heterocycles. The molecule has 0 atom stereocenters. The van der Waals surface area contributed by atoms with E-state index < -0.39 is 0 Å². The summed E-state index contributed by atoms with van der Waals surface area (Å²) in [6.45, 7) is 5.84. The zero-order valence-corrected chi connectivity index (χ0v) is 15.7. The lowest BCUT2D eigenvalue weighted by Crippen LogP contribution is -2.41. The maximum atomic E-state index is 12.3. The van der Waals surface area contributed by atoms with Crippen LogP contribution in [-0.2, 0) is 9.53 Å². The Labute approximate surface area is 159 Å². The van der Waals surface area contributed by atoms with Gasteiger partial charge < -0.3 is 14.8 Å². The van der Waals surface area contributed by atoms with Gasteiger partial charge in [-0.1, -0.05) is 0 Å². The van der Waals surface area contributed by atoms with E-state index in [2.05, 4.69) is 15.2 Å². The van der Waals surface area contributed by atoms with Crippen LogP contribution in [0.5, 0.6) is 5.75 Å². The minimum atomic E-state index is -0.0267. The van der Waals surface area contributed by atoms with Gasteiger partial charge in [-0.3, -0.25) is 14.7 Å². The highest BCUT2D eigenvalue weighted by Gasteiger charge is 2.15. The van der Waals surface area contributed by atoms with Crippen molar-refractivity contribution in [2.45, 2.75) is 6.92 Å². The minimum Gasteiger partial charge on any atom is -0.492 e. The van der Waals surface area contributed by atoms with Crippen molar-refractivity contribution in [3.8, 4) is 5.75 Å². The monoisotopic (exact) mass is 387 g/mol. The predicted molar refractivity (Wildman–Crippen MR) is 103 cm³/mol. The number of benzene rings is 1. The molecule has 1 aliphatic rings. The lowest BCUT2D eigenvalue weighted by molar-refractivity contribution is -0.118. The van der Waals surface area contributed by atoms with E-state index in [1.807, 2.05) is 31.2 Å². The quantitative estimate of drug-likeness (QED) is 0.854. The number of halogens is 2. The molecular weight excluding hydrogens is 365 g/mol. The van der Waals surface area contributed by atoms with E-state index in [1.165, 1.54) is 0 Å². The summed E-state index contributed by atoms with van der Waals surface area (Å²) in [5.41, 5.74) is 1.52. The Bertz CT molecular complexity index is 694. The third kappa shape index (κ3) is 5.44. The summed E-state index contributed by atoms with van der Waals surface area (Å²) in [6, 6.07) is 7.51. The van der Waals surface area contributed by atoms with Gasteiger partial charge in [-0.05, 0) is 31.2 Å². The number of carbonyl (C=O) groups excluding carboxylic acids is 1. The van der Waals surface area contributed by atoms with E-state index in [4.69, 9.17) is 9.47 Å². The van der Waals surface area contributed by atoms with E-state index in [1.54, 1.807) is 6.20 Å². The number of ether oxygens (including phenoxy) is 2. The molecule has 0 aliphatic carbocycles. The number of aromatic nitrogens is 1. The standard InChI is InChI=1S/C17H21N3O3.2ClH/c1-2-23-15-6-5-14(13-4-3-7-18-17(13)15)19-16(21)12-20-8-10-22-11-9-20;;/h3-7H,2,8-12H2,1H3,(H,19,21);2*1H. The molecule has 25 heavy (non-hydrogen) atoms. The summed E-state index contributed by atoms with van der Waals surface area (Å²) >= 11 is 0. The van der Waals surface area contributed by atoms with Crippen LogP contribution in [0.2, 0.25) is 0 Å². The molecule has 1 aromatic heterocycles. The Hall–Kier alpha value is -1.60. The van der Waals surface area contributed by atoms with Crippen molar-refractivity contribution in [3.05, 3.63) is 30.5 Å². The highest BCUT2D eigenvalue weighted by molar-refractivity contribution is 6.03. The Morgan fingerprint density at radius 3 is 2.76 bits per heavy atom. The second-order valence-electron chi connectivity index (χ2n) is 5.38. The molecule has 0 unspecified atom stereocenters. The van der Waals surface area contributed by atoms with Crippen molar-refractivity contribution >= 4 is 47.3 Å². The zero-order chi connectivity index (χ0) is 16.1. The molecule has 0 spiro atoms. The van der Waals surface area contributed by atoms with Gasteiger partial charge in [0, 0.05) is 24.7 Å². The van der Waals surface area contributed by atoms with Crippen LogP contribution in [0, 0.1) is 0 Å². The Morgan fingerprint density at radius 1 is 1.28 bits per heavy atom. The van der Waals surface area contributed by atoms with Crippen molar-refractivity contribution in [1.29, 1.82) is 0 Å². The van der Waals surface area contributed by atoms with Crippen LogP contribution in [0.15, 0.2) is 30.5 Å². The molecule has 1 saturated heterocycles. The van der Waals surface area contributed by atoms with E-state index in [0.717, 1.165) is 35.4 Å². The Morgan fingerprint density at radius 2 is 2.04 bits per heavy atom. The fraction of sp³-hybridized carbons (Fsp3) is 0.412. The van der Waals surface area contributed by atoms with E-state index in [-0.39, 0.29) is 30.7 Å². The van der Waals surface area contributed by atoms with Crippen LogP contribution in [0.3, 0.4) is 0 Å². The van der Waals surface area contributed by atoms with Crippen LogP contribution in [0.1, 0.15) is 6.92 Å². The molecular formula is C17H23Cl2N3O3. The first-order valence-electron chi connectivity index (χ1n) is 7.88. The molecule has 0 radical (unpaired) electrons. The van der Waals surface area contributed by atoms with Crippen molar-refractivity contribution in [3.63, 3.8) is 0 Å². The second kappa shape index (κ2) is 10.4. The van der Waals surface area contributed by atoms with E-state index in [0.29, 0.717) is 26.4 Å². The largest absolute Gasteiger partial charge is 0.492 e. The molecule has 0 bridgehead atoms. The van der Waals surface area contributed by atoms with Gasteiger partial charge in [-0.25, -0.2) is 0 Å². The maximum absolute atomic E-state index is 12.3. The van der Waals surface area contributed by atoms with Gasteiger partial charge >= 0.3 is 0 Å². The molecule has 6 nitrogen and oxygen atoms in total. The molecule has 1 aliphatic heterocycles. The summed E-state index contributed by atoms with van der Waals surface area (Å²) in [7, 11) is 0. The van der Waals surface area contributed by atoms with Crippen LogP contribution in [0.4, 0.5) is 5.69 Å². The minimum absolute atomic E-state index is 0. The van der Waals surface area contributed by atoms with Crippen molar-refractivity contribution in [1.82, 2.24) is 9.88 Å². The molecule has 138 valence electrons. The number of fused-ring (bicyclic) bond motifs is 1. The number of carbonyl (C=O) groups is 1. The number of nitrogens with zero attached hydrogens (tertiary/aromatic N) is 2. The SMILES string of the molecule is CCOc1ccc(NC(=O)CN2CCOCC2)c2cccnc12.Cl.Cl. The number of anilines is 1. The predicted octanol–water partition coefficient (Wildman–Crippen LogP) is 2.75. The topological polar surface area (TPSA) is 63.7 Å². The maximum Gasteiger partial charge on any atom is 0.238 e. The fourth-order valence-electron chi connectivity index (χ4n) is 2.68. The van der Waals surface area contributed by atoms with Gasteiger partial charge in [0.1, 0.15) is 11.3 Å². The lowest BCUT2D eigenvalue weighted by atomic mass is 10.1. The number of morpholine rings is 1. The molecule has 0 saturated carbocycles. The molecule has 1 fully saturated rings. The molecule has 3 rings (SSSR count). The molecule has 1 N–H and O–H groups in total. The summed E-state index contributed by atoms with van der Waals surface area (Å²) in [4.78, 5) is 18.8. The van der Waals surface area contributed by atoms with Gasteiger partial charge in [0.15, 0.2) is 0 Å². The average molecular weight is 388 g/mol. The first-order chi connectivity index (χ1) is 11.3. The Balaban J connectivity index is 0.00000156. The second-order valence-corrected chi connectivity index (χ2v) is 5.38. The van der Waals surface area contributed by atoms with Gasteiger partial charge in [-0.15, -0.1) is 24.8 Å². The molecule has 8 heteroatoms. The first kappa shape index (κ1) is 21.4. The van der Waals surface area contributed by atoms with Crippen LogP contribution in [0.25, 0.3) is 10.9 Å². The van der Waals surface area contributed by atoms with Crippen molar-refractivity contribution in [2.75, 3.05) is 44.8 Å². The summed E-state index contributed by atoms with van der Waals surface area (Å²) in [5, 5.41) is 3.87. The third-order valence-corrected chi connectivity index (χ3v) is 3.78. The summed E-state index contributed by atoms with van der Waals surface area (Å²) in [5.74, 6) is 0.704.